The molecule has 1 atom stereocenters. The maximum atomic E-state index is 13.0. The van der Waals surface area contributed by atoms with Gasteiger partial charge in [0, 0.05) is 17.3 Å². The van der Waals surface area contributed by atoms with Crippen molar-refractivity contribution in [3.05, 3.63) is 78.1 Å². The van der Waals surface area contributed by atoms with Gasteiger partial charge in [0.15, 0.2) is 16.7 Å². The first-order chi connectivity index (χ1) is 16.3. The highest BCUT2D eigenvalue weighted by atomic mass is 32.2. The first kappa shape index (κ1) is 22.4. The second-order valence-corrected chi connectivity index (χ2v) is 10.9. The van der Waals surface area contributed by atoms with Gasteiger partial charge in [0.2, 0.25) is 15.8 Å². The number of furan rings is 1. The van der Waals surface area contributed by atoms with E-state index in [9.17, 15) is 13.2 Å². The Hall–Kier alpha value is -3.37. The number of carbonyl (C=O) groups excluding carboxylic acids is 1. The third kappa shape index (κ3) is 4.14. The number of Topliss-reactive ketones (excluding diaryl/α,β-unsaturated/α-hetero) is 1. The molecule has 2 aromatic carbocycles. The fraction of sp³-hybridized carbons (Fsp3) is 0.208. The number of hydrogen-bond acceptors (Lipinski definition) is 7. The van der Waals surface area contributed by atoms with Crippen molar-refractivity contribution in [2.24, 2.45) is 0 Å². The Bertz CT molecular complexity index is 1450. The summed E-state index contributed by atoms with van der Waals surface area (Å²) in [4.78, 5) is 13.0. The van der Waals surface area contributed by atoms with Gasteiger partial charge in [0.1, 0.15) is 0 Å². The first-order valence-corrected chi connectivity index (χ1v) is 13.5. The normalized spacial score (nSPS) is 15.5. The molecule has 0 saturated carbocycles. The number of hydrogen-bond donors (Lipinski definition) is 0. The third-order valence-electron chi connectivity index (χ3n) is 5.63. The molecular formula is C24H22N4O4S2. The molecule has 0 spiro atoms. The van der Waals surface area contributed by atoms with Gasteiger partial charge in [-0.15, -0.1) is 10.2 Å². The Morgan fingerprint density at radius 3 is 2.62 bits per heavy atom. The second kappa shape index (κ2) is 8.77. The molecule has 4 aromatic rings. The van der Waals surface area contributed by atoms with Gasteiger partial charge in [-0.25, -0.2) is 8.42 Å². The molecule has 1 aliphatic heterocycles. The molecule has 5 rings (SSSR count). The summed E-state index contributed by atoms with van der Waals surface area (Å²) in [5, 5.41) is 9.18. The summed E-state index contributed by atoms with van der Waals surface area (Å²) >= 11 is 1.29. The predicted octanol–water partition coefficient (Wildman–Crippen LogP) is 4.21. The average molecular weight is 495 g/mol. The maximum absolute atomic E-state index is 13.0. The quantitative estimate of drug-likeness (QED) is 0.280. The monoisotopic (exact) mass is 494 g/mol. The summed E-state index contributed by atoms with van der Waals surface area (Å²) in [5.41, 5.74) is 2.92. The SMILES string of the molecule is CC1Cc2cc(C(=O)CSc3nnc(-c4ccco4)n3-c3ccccc3)ccc2N1S(C)(=O)=O. The van der Waals surface area contributed by atoms with Crippen LogP contribution in [0.5, 0.6) is 0 Å². The first-order valence-electron chi connectivity index (χ1n) is 10.7. The van der Waals surface area contributed by atoms with Crippen LogP contribution in [0.25, 0.3) is 17.3 Å². The lowest BCUT2D eigenvalue weighted by Crippen LogP contribution is -2.34. The number of rotatable bonds is 7. The summed E-state index contributed by atoms with van der Waals surface area (Å²) in [6.45, 7) is 1.87. The van der Waals surface area contributed by atoms with Crippen molar-refractivity contribution < 1.29 is 17.6 Å². The Morgan fingerprint density at radius 1 is 1.12 bits per heavy atom. The minimum Gasteiger partial charge on any atom is -0.461 e. The molecule has 10 heteroatoms. The van der Waals surface area contributed by atoms with E-state index < -0.39 is 10.0 Å². The van der Waals surface area contributed by atoms with Crippen LogP contribution in [0.3, 0.4) is 0 Å². The zero-order valence-corrected chi connectivity index (χ0v) is 20.2. The largest absolute Gasteiger partial charge is 0.461 e. The van der Waals surface area contributed by atoms with Crippen LogP contribution in [-0.4, -0.2) is 47.0 Å². The molecule has 0 saturated heterocycles. The Labute approximate surface area is 201 Å². The van der Waals surface area contributed by atoms with Crippen LogP contribution in [0.1, 0.15) is 22.8 Å². The van der Waals surface area contributed by atoms with Crippen LogP contribution in [-0.2, 0) is 16.4 Å². The number of aromatic nitrogens is 3. The lowest BCUT2D eigenvalue weighted by molar-refractivity contribution is 0.102. The van der Waals surface area contributed by atoms with Gasteiger partial charge >= 0.3 is 0 Å². The van der Waals surface area contributed by atoms with Crippen molar-refractivity contribution in [1.29, 1.82) is 0 Å². The Kier molecular flexibility index (Phi) is 5.78. The molecule has 0 bridgehead atoms. The average Bonchev–Trinajstić information content (AvgIpc) is 3.54. The number of ketones is 1. The van der Waals surface area contributed by atoms with E-state index in [1.54, 1.807) is 30.5 Å². The van der Waals surface area contributed by atoms with Crippen LogP contribution in [0.2, 0.25) is 0 Å². The van der Waals surface area contributed by atoms with E-state index in [-0.39, 0.29) is 17.6 Å². The number of sulfonamides is 1. The molecule has 1 unspecified atom stereocenters. The topological polar surface area (TPSA) is 98.3 Å². The summed E-state index contributed by atoms with van der Waals surface area (Å²) in [6.07, 6.45) is 3.36. The fourth-order valence-corrected chi connectivity index (χ4v) is 6.34. The summed E-state index contributed by atoms with van der Waals surface area (Å²) < 4.78 is 33.1. The standard InChI is InChI=1S/C24H22N4O4S2/c1-16-13-18-14-17(10-11-20(18)28(16)34(2,30)31)21(29)15-33-24-26-25-23(22-9-6-12-32-22)27(24)19-7-4-3-5-8-19/h3-12,14,16H,13,15H2,1-2H3. The highest BCUT2D eigenvalue weighted by Gasteiger charge is 2.32. The van der Waals surface area contributed by atoms with Gasteiger partial charge in [0.05, 0.1) is 24.0 Å². The zero-order valence-electron chi connectivity index (χ0n) is 18.6. The molecule has 0 fully saturated rings. The van der Waals surface area contributed by atoms with E-state index in [4.69, 9.17) is 4.42 Å². The lowest BCUT2D eigenvalue weighted by atomic mass is 10.0. The number of thioether (sulfide) groups is 1. The summed E-state index contributed by atoms with van der Waals surface area (Å²) in [6, 6.07) is 18.3. The highest BCUT2D eigenvalue weighted by Crippen LogP contribution is 2.35. The lowest BCUT2D eigenvalue weighted by Gasteiger charge is -2.21. The van der Waals surface area contributed by atoms with Crippen molar-refractivity contribution in [1.82, 2.24) is 14.8 Å². The van der Waals surface area contributed by atoms with Crippen LogP contribution in [0.4, 0.5) is 5.69 Å². The van der Waals surface area contributed by atoms with E-state index in [0.29, 0.717) is 34.4 Å². The van der Waals surface area contributed by atoms with Crippen LogP contribution in [0, 0.1) is 0 Å². The second-order valence-electron chi connectivity index (χ2n) is 8.12. The van der Waals surface area contributed by atoms with Crippen LogP contribution in [0.15, 0.2) is 76.5 Å². The van der Waals surface area contributed by atoms with Crippen LogP contribution >= 0.6 is 11.8 Å². The van der Waals surface area contributed by atoms with Gasteiger partial charge in [0.25, 0.3) is 0 Å². The Morgan fingerprint density at radius 2 is 1.91 bits per heavy atom. The Balaban J connectivity index is 1.40. The van der Waals surface area contributed by atoms with Gasteiger partial charge in [-0.1, -0.05) is 30.0 Å². The van der Waals surface area contributed by atoms with E-state index >= 15 is 0 Å². The molecule has 34 heavy (non-hydrogen) atoms. The molecule has 0 aliphatic carbocycles. The van der Waals surface area contributed by atoms with E-state index in [0.717, 1.165) is 11.3 Å². The van der Waals surface area contributed by atoms with Crippen LogP contribution < -0.4 is 4.31 Å². The van der Waals surface area contributed by atoms with Crippen molar-refractivity contribution in [3.8, 4) is 17.3 Å². The molecule has 0 radical (unpaired) electrons. The molecule has 0 amide bonds. The van der Waals surface area contributed by atoms with Gasteiger partial charge in [-0.3, -0.25) is 13.7 Å². The van der Waals surface area contributed by atoms with E-state index in [1.807, 2.05) is 47.9 Å². The molecule has 8 nitrogen and oxygen atoms in total. The highest BCUT2D eigenvalue weighted by molar-refractivity contribution is 7.99. The summed E-state index contributed by atoms with van der Waals surface area (Å²) in [5.74, 6) is 1.23. The third-order valence-corrected chi connectivity index (χ3v) is 7.83. The number of carbonyl (C=O) groups is 1. The number of nitrogens with zero attached hydrogens (tertiary/aromatic N) is 4. The molecule has 0 N–H and O–H groups in total. The number of fused-ring (bicyclic) bond motifs is 1. The maximum Gasteiger partial charge on any atom is 0.232 e. The minimum atomic E-state index is -3.37. The number of para-hydroxylation sites is 1. The van der Waals surface area contributed by atoms with Gasteiger partial charge in [-0.05, 0) is 61.4 Å². The van der Waals surface area contributed by atoms with Crippen molar-refractivity contribution in [2.45, 2.75) is 24.5 Å². The molecule has 2 aromatic heterocycles. The summed E-state index contributed by atoms with van der Waals surface area (Å²) in [7, 11) is -3.37. The molecular weight excluding hydrogens is 472 g/mol. The molecule has 174 valence electrons. The zero-order chi connectivity index (χ0) is 23.9. The van der Waals surface area contributed by atoms with Crippen molar-refractivity contribution in [2.75, 3.05) is 16.3 Å². The minimum absolute atomic E-state index is 0.0691. The molecule has 1 aliphatic rings. The number of benzene rings is 2. The number of anilines is 1. The predicted molar refractivity (Wildman–Crippen MR) is 131 cm³/mol. The van der Waals surface area contributed by atoms with Crippen molar-refractivity contribution in [3.63, 3.8) is 0 Å². The fourth-order valence-electron chi connectivity index (χ4n) is 4.23. The van der Waals surface area contributed by atoms with Crippen molar-refractivity contribution >= 4 is 33.3 Å². The smallest absolute Gasteiger partial charge is 0.232 e. The molecule has 3 heterocycles. The van der Waals surface area contributed by atoms with Gasteiger partial charge in [-0.2, -0.15) is 0 Å². The van der Waals surface area contributed by atoms with E-state index in [1.165, 1.54) is 22.3 Å². The van der Waals surface area contributed by atoms with Gasteiger partial charge < -0.3 is 4.42 Å². The van der Waals surface area contributed by atoms with E-state index in [2.05, 4.69) is 10.2 Å².